The summed E-state index contributed by atoms with van der Waals surface area (Å²) in [5.74, 6) is 2.30. The molecule has 3 aliphatic rings. The van der Waals surface area contributed by atoms with Crippen molar-refractivity contribution < 1.29 is 0 Å². The fourth-order valence-corrected chi connectivity index (χ4v) is 9.53. The Bertz CT molecular complexity index is 631. The number of hydrogen-bond donors (Lipinski definition) is 1. The van der Waals surface area contributed by atoms with Crippen molar-refractivity contribution in [3.63, 3.8) is 0 Å². The highest BCUT2D eigenvalue weighted by Gasteiger charge is 2.50. The molecule has 2 nitrogen and oxygen atoms in total. The van der Waals surface area contributed by atoms with Crippen LogP contribution in [0.25, 0.3) is 0 Å². The van der Waals surface area contributed by atoms with Gasteiger partial charge in [0.15, 0.2) is 0 Å². The van der Waals surface area contributed by atoms with Gasteiger partial charge < -0.3 is 9.88 Å². The van der Waals surface area contributed by atoms with E-state index in [1.807, 2.05) is 0 Å². The zero-order chi connectivity index (χ0) is 17.3. The summed E-state index contributed by atoms with van der Waals surface area (Å²) in [5.41, 5.74) is 2.39. The molecule has 3 unspecified atom stereocenters. The smallest absolute Gasteiger partial charge is 0.126 e. The summed E-state index contributed by atoms with van der Waals surface area (Å²) >= 11 is 0. The predicted molar refractivity (Wildman–Crippen MR) is 109 cm³/mol. The highest BCUT2D eigenvalue weighted by molar-refractivity contribution is 6.76. The van der Waals surface area contributed by atoms with Crippen molar-refractivity contribution in [2.24, 2.45) is 17.8 Å². The number of benzene rings is 1. The Morgan fingerprint density at radius 1 is 1.00 bits per heavy atom. The molecule has 1 aromatic carbocycles. The Morgan fingerprint density at radius 2 is 1.68 bits per heavy atom. The number of fused-ring (bicyclic) bond motifs is 1. The lowest BCUT2D eigenvalue weighted by Crippen LogP contribution is -2.59. The SMILES string of the molecule is C[Si](C)(C1C[C@H](Cc2ccccc2)C2C=CC=CC21)N1CCNCC1. The van der Waals surface area contributed by atoms with Crippen LogP contribution in [0.4, 0.5) is 0 Å². The number of nitrogens with zero attached hydrogens (tertiary/aromatic N) is 1. The number of nitrogens with one attached hydrogen (secondary N) is 1. The Labute approximate surface area is 154 Å². The first kappa shape index (κ1) is 17.3. The topological polar surface area (TPSA) is 15.3 Å². The van der Waals surface area contributed by atoms with Crippen LogP contribution in [0.15, 0.2) is 54.6 Å². The van der Waals surface area contributed by atoms with Crippen LogP contribution in [0.5, 0.6) is 0 Å². The maximum atomic E-state index is 3.53. The largest absolute Gasteiger partial charge is 0.321 e. The molecule has 134 valence electrons. The second-order valence-electron chi connectivity index (χ2n) is 8.61. The molecule has 3 heteroatoms. The molecule has 0 amide bonds. The summed E-state index contributed by atoms with van der Waals surface area (Å²) in [5, 5.41) is 3.53. The predicted octanol–water partition coefficient (Wildman–Crippen LogP) is 4.09. The Kier molecular flexibility index (Phi) is 4.98. The third-order valence-corrected chi connectivity index (χ3v) is 11.5. The van der Waals surface area contributed by atoms with Crippen molar-refractivity contribution in [3.8, 4) is 0 Å². The molecule has 1 N–H and O–H groups in total. The van der Waals surface area contributed by atoms with E-state index in [9.17, 15) is 0 Å². The minimum Gasteiger partial charge on any atom is -0.321 e. The van der Waals surface area contributed by atoms with Gasteiger partial charge in [-0.25, -0.2) is 0 Å². The Morgan fingerprint density at radius 3 is 2.40 bits per heavy atom. The van der Waals surface area contributed by atoms with Crippen LogP contribution in [0.2, 0.25) is 18.6 Å². The molecule has 0 radical (unpaired) electrons. The molecular weight excluding hydrogens is 320 g/mol. The van der Waals surface area contributed by atoms with Crippen molar-refractivity contribution in [3.05, 3.63) is 60.2 Å². The van der Waals surface area contributed by atoms with Gasteiger partial charge in [-0.3, -0.25) is 0 Å². The first-order chi connectivity index (χ1) is 12.2. The summed E-state index contributed by atoms with van der Waals surface area (Å²) in [6.07, 6.45) is 12.3. The van der Waals surface area contributed by atoms with Crippen LogP contribution in [0.1, 0.15) is 12.0 Å². The fraction of sp³-hybridized carbons (Fsp3) is 0.545. The number of rotatable bonds is 4. The third-order valence-electron chi connectivity index (χ3n) is 6.97. The molecule has 0 spiro atoms. The molecule has 0 bridgehead atoms. The van der Waals surface area contributed by atoms with E-state index >= 15 is 0 Å². The molecule has 1 heterocycles. The second-order valence-corrected chi connectivity index (χ2v) is 13.3. The lowest BCUT2D eigenvalue weighted by atomic mass is 9.83. The van der Waals surface area contributed by atoms with E-state index in [1.165, 1.54) is 44.6 Å². The summed E-state index contributed by atoms with van der Waals surface area (Å²) in [4.78, 5) is 0. The van der Waals surface area contributed by atoms with Gasteiger partial charge in [0.2, 0.25) is 0 Å². The molecule has 4 atom stereocenters. The van der Waals surface area contributed by atoms with Crippen molar-refractivity contribution in [1.82, 2.24) is 9.88 Å². The summed E-state index contributed by atoms with van der Waals surface area (Å²) in [6, 6.07) is 11.1. The van der Waals surface area contributed by atoms with Crippen LogP contribution >= 0.6 is 0 Å². The van der Waals surface area contributed by atoms with Crippen LogP contribution in [0.3, 0.4) is 0 Å². The summed E-state index contributed by atoms with van der Waals surface area (Å²) < 4.78 is 2.88. The van der Waals surface area contributed by atoms with Crippen LogP contribution in [0, 0.1) is 17.8 Å². The van der Waals surface area contributed by atoms with E-state index in [4.69, 9.17) is 0 Å². The average Bonchev–Trinajstić information content (AvgIpc) is 3.03. The van der Waals surface area contributed by atoms with E-state index in [-0.39, 0.29) is 0 Å². The molecule has 1 aliphatic heterocycles. The van der Waals surface area contributed by atoms with E-state index < -0.39 is 8.24 Å². The highest BCUT2D eigenvalue weighted by atomic mass is 28.3. The normalized spacial score (nSPS) is 32.7. The molecule has 25 heavy (non-hydrogen) atoms. The van der Waals surface area contributed by atoms with E-state index in [2.05, 4.69) is 77.6 Å². The van der Waals surface area contributed by atoms with Crippen molar-refractivity contribution in [2.45, 2.75) is 31.5 Å². The van der Waals surface area contributed by atoms with Gasteiger partial charge in [-0.05, 0) is 41.7 Å². The van der Waals surface area contributed by atoms with Crippen LogP contribution in [-0.4, -0.2) is 39.0 Å². The van der Waals surface area contributed by atoms with Crippen molar-refractivity contribution >= 4 is 8.24 Å². The Balaban J connectivity index is 1.56. The molecule has 0 aromatic heterocycles. The minimum absolute atomic E-state index is 0.741. The average molecular weight is 353 g/mol. The molecule has 4 rings (SSSR count). The van der Waals surface area contributed by atoms with Gasteiger partial charge in [-0.1, -0.05) is 67.7 Å². The zero-order valence-corrected chi connectivity index (χ0v) is 16.7. The van der Waals surface area contributed by atoms with Gasteiger partial charge in [0.1, 0.15) is 8.24 Å². The monoisotopic (exact) mass is 352 g/mol. The maximum absolute atomic E-state index is 3.53. The van der Waals surface area contributed by atoms with E-state index in [0.29, 0.717) is 0 Å². The van der Waals surface area contributed by atoms with Crippen LogP contribution in [-0.2, 0) is 6.42 Å². The molecule has 1 aromatic rings. The Hall–Kier alpha value is -1.16. The van der Waals surface area contributed by atoms with Gasteiger partial charge in [0.25, 0.3) is 0 Å². The van der Waals surface area contributed by atoms with E-state index in [1.54, 1.807) is 0 Å². The molecule has 1 saturated heterocycles. The minimum atomic E-state index is -1.43. The molecule has 1 saturated carbocycles. The molecule has 2 fully saturated rings. The fourth-order valence-electron chi connectivity index (χ4n) is 5.53. The molecule has 2 aliphatic carbocycles. The van der Waals surface area contributed by atoms with Gasteiger partial charge in [0, 0.05) is 26.2 Å². The standard InChI is InChI=1S/C22H32N2Si/c1-25(2,24-14-12-23-13-15-24)22-17-19(16-18-8-4-3-5-9-18)20-10-6-7-11-21(20)22/h3-11,19-23H,12-17H2,1-2H3/t19-,20?,21?,22?/m0/s1. The van der Waals surface area contributed by atoms with Gasteiger partial charge in [-0.2, -0.15) is 0 Å². The lowest BCUT2D eigenvalue weighted by Gasteiger charge is -2.45. The highest BCUT2D eigenvalue weighted by Crippen LogP contribution is 2.53. The van der Waals surface area contributed by atoms with Crippen molar-refractivity contribution in [1.29, 1.82) is 0 Å². The summed E-state index contributed by atoms with van der Waals surface area (Å²) in [6.45, 7) is 10.1. The third kappa shape index (κ3) is 3.42. The number of piperazine rings is 1. The first-order valence-corrected chi connectivity index (χ1v) is 13.0. The first-order valence-electron chi connectivity index (χ1n) is 10.0. The summed E-state index contributed by atoms with van der Waals surface area (Å²) in [7, 11) is -1.43. The van der Waals surface area contributed by atoms with Gasteiger partial charge in [0.05, 0.1) is 0 Å². The number of hydrogen-bond acceptors (Lipinski definition) is 2. The lowest BCUT2D eigenvalue weighted by molar-refractivity contribution is 0.346. The van der Waals surface area contributed by atoms with Crippen molar-refractivity contribution in [2.75, 3.05) is 26.2 Å². The molecular formula is C22H32N2Si. The number of allylic oxidation sites excluding steroid dienone is 4. The van der Waals surface area contributed by atoms with Crippen LogP contribution < -0.4 is 5.32 Å². The van der Waals surface area contributed by atoms with E-state index in [0.717, 1.165) is 23.3 Å². The zero-order valence-electron chi connectivity index (χ0n) is 15.7. The second kappa shape index (κ2) is 7.22. The van der Waals surface area contributed by atoms with Gasteiger partial charge >= 0.3 is 0 Å². The maximum Gasteiger partial charge on any atom is 0.126 e. The van der Waals surface area contributed by atoms with Gasteiger partial charge in [-0.15, -0.1) is 0 Å². The quantitative estimate of drug-likeness (QED) is 0.821.